The van der Waals surface area contributed by atoms with Crippen molar-refractivity contribution >= 4 is 27.5 Å². The molecule has 0 aromatic heterocycles. The van der Waals surface area contributed by atoms with Gasteiger partial charge in [-0.05, 0) is 31.0 Å². The van der Waals surface area contributed by atoms with Crippen LogP contribution in [0, 0.1) is 5.92 Å². The van der Waals surface area contributed by atoms with Crippen LogP contribution in [0.2, 0.25) is 0 Å². The molecule has 0 unspecified atom stereocenters. The predicted octanol–water partition coefficient (Wildman–Crippen LogP) is 1.26. The number of nitrogens with one attached hydrogen (secondary N) is 1. The molecule has 2 aliphatic heterocycles. The quantitative estimate of drug-likeness (QED) is 0.880. The normalized spacial score (nSPS) is 23.8. The lowest BCUT2D eigenvalue weighted by Gasteiger charge is -2.19. The van der Waals surface area contributed by atoms with Crippen LogP contribution in [0.3, 0.4) is 0 Å². The van der Waals surface area contributed by atoms with Gasteiger partial charge in [0.15, 0.2) is 9.84 Å². The minimum absolute atomic E-state index is 0.0754. The van der Waals surface area contributed by atoms with Gasteiger partial charge >= 0.3 is 6.09 Å². The summed E-state index contributed by atoms with van der Waals surface area (Å²) < 4.78 is 27.9. The first-order valence-corrected chi connectivity index (χ1v) is 9.73. The molecule has 3 rings (SSSR count). The second kappa shape index (κ2) is 6.43. The Balaban J connectivity index is 1.68. The molecule has 130 valence electrons. The van der Waals surface area contributed by atoms with E-state index in [9.17, 15) is 18.0 Å². The topological polar surface area (TPSA) is 92.8 Å². The Hall–Kier alpha value is -2.09. The summed E-state index contributed by atoms with van der Waals surface area (Å²) in [6.07, 6.45) is 0.000541. The Morgan fingerprint density at radius 3 is 2.83 bits per heavy atom. The van der Waals surface area contributed by atoms with Gasteiger partial charge in [0.2, 0.25) is 5.91 Å². The summed E-state index contributed by atoms with van der Waals surface area (Å²) in [4.78, 5) is 25.4. The van der Waals surface area contributed by atoms with Gasteiger partial charge in [-0.1, -0.05) is 12.1 Å². The van der Waals surface area contributed by atoms with Crippen LogP contribution in [0.25, 0.3) is 0 Å². The molecule has 2 saturated heterocycles. The Kier molecular flexibility index (Phi) is 4.49. The summed E-state index contributed by atoms with van der Waals surface area (Å²) in [7, 11) is -3.08. The number of hydrogen-bond acceptors (Lipinski definition) is 5. The average Bonchev–Trinajstić information content (AvgIpc) is 3.12. The van der Waals surface area contributed by atoms with E-state index < -0.39 is 15.8 Å². The fourth-order valence-electron chi connectivity index (χ4n) is 3.01. The molecule has 0 aliphatic carbocycles. The molecular weight excluding hydrogens is 332 g/mol. The maximum atomic E-state index is 12.2. The number of hydrogen-bond donors (Lipinski definition) is 1. The maximum Gasteiger partial charge on any atom is 0.414 e. The standard InChI is InChI=1S/C16H20N2O5S/c1-11(17-15(19)13-5-8-24(21,22)10-13)12-3-2-4-14(9-12)18-6-7-23-16(18)20/h2-4,9,11,13H,5-8,10H2,1H3,(H,17,19)/t11-,13+/m1/s1. The molecule has 0 radical (unpaired) electrons. The number of amides is 2. The number of rotatable bonds is 4. The van der Waals surface area contributed by atoms with Crippen molar-refractivity contribution in [3.8, 4) is 0 Å². The third kappa shape index (κ3) is 3.53. The number of ether oxygens (including phenoxy) is 1. The molecule has 1 aromatic carbocycles. The largest absolute Gasteiger partial charge is 0.447 e. The van der Waals surface area contributed by atoms with Crippen molar-refractivity contribution in [2.45, 2.75) is 19.4 Å². The molecule has 8 heteroatoms. The van der Waals surface area contributed by atoms with Crippen LogP contribution in [0.15, 0.2) is 24.3 Å². The second-order valence-electron chi connectivity index (χ2n) is 6.19. The Morgan fingerprint density at radius 1 is 1.42 bits per heavy atom. The molecule has 1 aromatic rings. The summed E-state index contributed by atoms with van der Waals surface area (Å²) in [6.45, 7) is 2.71. The van der Waals surface area contributed by atoms with Gasteiger partial charge in [-0.25, -0.2) is 13.2 Å². The van der Waals surface area contributed by atoms with Crippen molar-refractivity contribution in [2.75, 3.05) is 29.6 Å². The maximum absolute atomic E-state index is 12.2. The van der Waals surface area contributed by atoms with Crippen LogP contribution in [0.5, 0.6) is 0 Å². The highest BCUT2D eigenvalue weighted by molar-refractivity contribution is 7.91. The summed E-state index contributed by atoms with van der Waals surface area (Å²) >= 11 is 0. The van der Waals surface area contributed by atoms with E-state index in [0.717, 1.165) is 11.3 Å². The number of cyclic esters (lactones) is 1. The monoisotopic (exact) mass is 352 g/mol. The number of anilines is 1. The number of carbonyl (C=O) groups is 2. The van der Waals surface area contributed by atoms with E-state index in [2.05, 4.69) is 5.32 Å². The fraction of sp³-hybridized carbons (Fsp3) is 0.500. The smallest absolute Gasteiger partial charge is 0.414 e. The SMILES string of the molecule is C[C@@H](NC(=O)[C@H]1CCS(=O)(=O)C1)c1cccc(N2CCOC2=O)c1. The van der Waals surface area contributed by atoms with Gasteiger partial charge in [0.25, 0.3) is 0 Å². The van der Waals surface area contributed by atoms with Crippen molar-refractivity contribution in [2.24, 2.45) is 5.92 Å². The van der Waals surface area contributed by atoms with Crippen LogP contribution in [-0.2, 0) is 19.4 Å². The molecule has 1 N–H and O–H groups in total. The Labute approximate surface area is 140 Å². The molecule has 0 spiro atoms. The number of nitrogens with zero attached hydrogens (tertiary/aromatic N) is 1. The highest BCUT2D eigenvalue weighted by Crippen LogP contribution is 2.24. The van der Waals surface area contributed by atoms with Gasteiger partial charge in [0.1, 0.15) is 6.61 Å². The summed E-state index contributed by atoms with van der Waals surface area (Å²) in [6, 6.07) is 7.05. The van der Waals surface area contributed by atoms with Crippen LogP contribution in [0.1, 0.15) is 24.9 Å². The van der Waals surface area contributed by atoms with Gasteiger partial charge in [0, 0.05) is 5.69 Å². The van der Waals surface area contributed by atoms with Gasteiger partial charge in [-0.2, -0.15) is 0 Å². The molecule has 2 aliphatic rings. The average molecular weight is 352 g/mol. The summed E-state index contributed by atoms with van der Waals surface area (Å²) in [5, 5.41) is 2.87. The first-order chi connectivity index (χ1) is 11.4. The third-order valence-electron chi connectivity index (χ3n) is 4.40. The molecule has 2 heterocycles. The highest BCUT2D eigenvalue weighted by Gasteiger charge is 2.33. The third-order valence-corrected chi connectivity index (χ3v) is 6.17. The zero-order valence-corrected chi connectivity index (χ0v) is 14.2. The van der Waals surface area contributed by atoms with Gasteiger partial charge in [0.05, 0.1) is 30.0 Å². The molecule has 2 fully saturated rings. The zero-order valence-electron chi connectivity index (χ0n) is 13.4. The van der Waals surface area contributed by atoms with E-state index in [1.165, 1.54) is 0 Å². The van der Waals surface area contributed by atoms with Crippen LogP contribution >= 0.6 is 0 Å². The molecule has 2 amide bonds. The van der Waals surface area contributed by atoms with E-state index in [1.54, 1.807) is 4.90 Å². The molecule has 0 saturated carbocycles. The minimum atomic E-state index is -3.08. The fourth-order valence-corrected chi connectivity index (χ4v) is 4.75. The highest BCUT2D eigenvalue weighted by atomic mass is 32.2. The van der Waals surface area contributed by atoms with E-state index in [-0.39, 0.29) is 29.5 Å². The van der Waals surface area contributed by atoms with Crippen molar-refractivity contribution in [1.29, 1.82) is 0 Å². The zero-order chi connectivity index (χ0) is 17.3. The second-order valence-corrected chi connectivity index (χ2v) is 8.42. The molecule has 0 bridgehead atoms. The van der Waals surface area contributed by atoms with E-state index in [0.29, 0.717) is 19.6 Å². The van der Waals surface area contributed by atoms with Gasteiger partial charge < -0.3 is 10.1 Å². The molecule has 7 nitrogen and oxygen atoms in total. The number of carbonyl (C=O) groups excluding carboxylic acids is 2. The first kappa shape index (κ1) is 16.8. The lowest BCUT2D eigenvalue weighted by Crippen LogP contribution is -2.33. The van der Waals surface area contributed by atoms with E-state index >= 15 is 0 Å². The van der Waals surface area contributed by atoms with Gasteiger partial charge in [-0.15, -0.1) is 0 Å². The number of benzene rings is 1. The van der Waals surface area contributed by atoms with Gasteiger partial charge in [-0.3, -0.25) is 9.69 Å². The Morgan fingerprint density at radius 2 is 2.21 bits per heavy atom. The lowest BCUT2D eigenvalue weighted by atomic mass is 10.0. The van der Waals surface area contributed by atoms with Crippen molar-refractivity contribution in [3.05, 3.63) is 29.8 Å². The first-order valence-electron chi connectivity index (χ1n) is 7.91. The van der Waals surface area contributed by atoms with Crippen LogP contribution in [0.4, 0.5) is 10.5 Å². The van der Waals surface area contributed by atoms with E-state index in [4.69, 9.17) is 4.74 Å². The Bertz CT molecular complexity index is 761. The predicted molar refractivity (Wildman–Crippen MR) is 88.5 cm³/mol. The minimum Gasteiger partial charge on any atom is -0.447 e. The number of sulfone groups is 1. The molecule has 24 heavy (non-hydrogen) atoms. The molecule has 2 atom stereocenters. The van der Waals surface area contributed by atoms with E-state index in [1.807, 2.05) is 31.2 Å². The summed E-state index contributed by atoms with van der Waals surface area (Å²) in [5.74, 6) is -0.721. The van der Waals surface area contributed by atoms with Crippen molar-refractivity contribution in [3.63, 3.8) is 0 Å². The molecular formula is C16H20N2O5S. The lowest BCUT2D eigenvalue weighted by molar-refractivity contribution is -0.124. The van der Waals surface area contributed by atoms with Crippen molar-refractivity contribution < 1.29 is 22.7 Å². The van der Waals surface area contributed by atoms with Crippen LogP contribution < -0.4 is 10.2 Å². The van der Waals surface area contributed by atoms with Crippen LogP contribution in [-0.4, -0.2) is 45.1 Å². The van der Waals surface area contributed by atoms with Crippen molar-refractivity contribution in [1.82, 2.24) is 5.32 Å². The summed E-state index contributed by atoms with van der Waals surface area (Å²) in [5.41, 5.74) is 1.57.